The number of rotatable bonds is 3. The van der Waals surface area contributed by atoms with Gasteiger partial charge in [0.25, 0.3) is 5.91 Å². The molecule has 1 fully saturated rings. The van der Waals surface area contributed by atoms with E-state index in [1.165, 1.54) is 18.2 Å². The van der Waals surface area contributed by atoms with Gasteiger partial charge in [-0.2, -0.15) is 0 Å². The van der Waals surface area contributed by atoms with E-state index in [9.17, 15) is 9.18 Å². The van der Waals surface area contributed by atoms with Crippen LogP contribution in [0.25, 0.3) is 0 Å². The number of carbonyl (C=O) groups is 1. The second-order valence-electron chi connectivity index (χ2n) is 4.73. The van der Waals surface area contributed by atoms with E-state index in [-0.39, 0.29) is 11.7 Å². The molecule has 0 saturated heterocycles. The minimum atomic E-state index is -0.579. The summed E-state index contributed by atoms with van der Waals surface area (Å²) in [7, 11) is 0. The lowest BCUT2D eigenvalue weighted by Crippen LogP contribution is -2.54. The highest BCUT2D eigenvalue weighted by atomic mass is 127. The summed E-state index contributed by atoms with van der Waals surface area (Å²) in [5.41, 5.74) is 5.65. The number of carbonyl (C=O) groups excluding carboxylic acids is 1. The average molecular weight is 392 g/mol. The van der Waals surface area contributed by atoms with Gasteiger partial charge in [0, 0.05) is 3.57 Å². The Morgan fingerprint density at radius 1 is 1.42 bits per heavy atom. The molecule has 2 rings (SSSR count). The van der Waals surface area contributed by atoms with Crippen molar-refractivity contribution in [3.05, 3.63) is 33.1 Å². The number of nitrogens with one attached hydrogen (secondary N) is 1. The fourth-order valence-electron chi connectivity index (χ4n) is 2.37. The molecule has 0 spiro atoms. The lowest BCUT2D eigenvalue weighted by atomic mass is 9.97. The van der Waals surface area contributed by atoms with Crippen molar-refractivity contribution in [1.82, 2.24) is 5.32 Å². The maximum Gasteiger partial charge on any atom is 0.253 e. The van der Waals surface area contributed by atoms with Gasteiger partial charge in [-0.05, 0) is 53.6 Å². The zero-order valence-corrected chi connectivity index (χ0v) is 13.2. The summed E-state index contributed by atoms with van der Waals surface area (Å²) in [5, 5.41) is 2.94. The summed E-state index contributed by atoms with van der Waals surface area (Å²) in [6, 6.07) is 4.09. The third-order valence-corrected chi connectivity index (χ3v) is 4.74. The monoisotopic (exact) mass is 392 g/mol. The Labute approximate surface area is 130 Å². The van der Waals surface area contributed by atoms with Gasteiger partial charge in [0.1, 0.15) is 5.82 Å². The number of benzene rings is 1. The Kier molecular flexibility index (Phi) is 4.39. The van der Waals surface area contributed by atoms with Crippen molar-refractivity contribution in [2.75, 3.05) is 0 Å². The van der Waals surface area contributed by atoms with Crippen LogP contribution < -0.4 is 11.1 Å². The van der Waals surface area contributed by atoms with E-state index in [0.717, 1.165) is 25.7 Å². The van der Waals surface area contributed by atoms with Crippen LogP contribution in [0.4, 0.5) is 4.39 Å². The topological polar surface area (TPSA) is 55.1 Å². The number of thiocarbonyl (C=S) groups is 1. The van der Waals surface area contributed by atoms with Crippen LogP contribution in [0.5, 0.6) is 0 Å². The summed E-state index contributed by atoms with van der Waals surface area (Å²) in [6.45, 7) is 0. The summed E-state index contributed by atoms with van der Waals surface area (Å²) >= 11 is 7.04. The van der Waals surface area contributed by atoms with Crippen molar-refractivity contribution in [3.8, 4) is 0 Å². The van der Waals surface area contributed by atoms with Gasteiger partial charge in [0.2, 0.25) is 0 Å². The van der Waals surface area contributed by atoms with E-state index >= 15 is 0 Å². The molecule has 1 amide bonds. The highest BCUT2D eigenvalue weighted by molar-refractivity contribution is 14.1. The number of hydrogen-bond donors (Lipinski definition) is 2. The van der Waals surface area contributed by atoms with Gasteiger partial charge in [-0.3, -0.25) is 4.79 Å². The normalized spacial score (nSPS) is 17.2. The first-order chi connectivity index (χ1) is 8.94. The third kappa shape index (κ3) is 3.05. The van der Waals surface area contributed by atoms with Gasteiger partial charge in [-0.25, -0.2) is 4.39 Å². The molecular formula is C13H14FIN2OS. The van der Waals surface area contributed by atoms with Crippen LogP contribution >= 0.6 is 34.8 Å². The molecule has 0 atom stereocenters. The number of halogens is 2. The lowest BCUT2D eigenvalue weighted by Gasteiger charge is -2.29. The molecule has 0 bridgehead atoms. The Hall–Kier alpha value is -0.760. The molecule has 1 aliphatic rings. The van der Waals surface area contributed by atoms with E-state index in [1.807, 2.05) is 22.6 Å². The second kappa shape index (κ2) is 5.70. The minimum Gasteiger partial charge on any atom is -0.391 e. The molecular weight excluding hydrogens is 378 g/mol. The molecule has 0 heterocycles. The first-order valence-corrected chi connectivity index (χ1v) is 7.51. The summed E-state index contributed by atoms with van der Waals surface area (Å²) in [5.74, 6) is -0.607. The molecule has 1 saturated carbocycles. The smallest absolute Gasteiger partial charge is 0.253 e. The van der Waals surface area contributed by atoms with Gasteiger partial charge in [-0.15, -0.1) is 0 Å². The zero-order chi connectivity index (χ0) is 14.0. The number of nitrogens with two attached hydrogens (primary N) is 1. The van der Waals surface area contributed by atoms with Crippen LogP contribution in [-0.4, -0.2) is 16.4 Å². The first-order valence-electron chi connectivity index (χ1n) is 6.02. The Morgan fingerprint density at radius 3 is 2.58 bits per heavy atom. The molecule has 19 heavy (non-hydrogen) atoms. The van der Waals surface area contributed by atoms with Crippen molar-refractivity contribution >= 4 is 45.7 Å². The van der Waals surface area contributed by atoms with Crippen molar-refractivity contribution in [2.24, 2.45) is 5.73 Å². The SMILES string of the molecule is NC(=S)C1(NC(=O)c2ccc(F)cc2I)CCCC1. The van der Waals surface area contributed by atoms with Crippen LogP contribution in [0, 0.1) is 9.39 Å². The molecule has 1 aromatic rings. The third-order valence-electron chi connectivity index (χ3n) is 3.46. The Balaban J connectivity index is 2.22. The highest BCUT2D eigenvalue weighted by Crippen LogP contribution is 2.30. The molecule has 102 valence electrons. The molecule has 3 N–H and O–H groups in total. The van der Waals surface area contributed by atoms with E-state index < -0.39 is 5.54 Å². The molecule has 1 aliphatic carbocycles. The fraction of sp³-hybridized carbons (Fsp3) is 0.385. The zero-order valence-electron chi connectivity index (χ0n) is 10.2. The Morgan fingerprint density at radius 2 is 2.05 bits per heavy atom. The fourth-order valence-corrected chi connectivity index (χ4v) is 3.35. The van der Waals surface area contributed by atoms with Crippen LogP contribution in [-0.2, 0) is 0 Å². The number of amides is 1. The maximum atomic E-state index is 13.0. The standard InChI is InChI=1S/C13H14FIN2OS/c14-8-3-4-9(10(15)7-8)11(18)17-13(12(16)19)5-1-2-6-13/h3-4,7H,1-2,5-6H2,(H2,16,19)(H,17,18). The highest BCUT2D eigenvalue weighted by Gasteiger charge is 2.38. The van der Waals surface area contributed by atoms with E-state index in [0.29, 0.717) is 14.1 Å². The quantitative estimate of drug-likeness (QED) is 0.615. The number of hydrogen-bond acceptors (Lipinski definition) is 2. The summed E-state index contributed by atoms with van der Waals surface area (Å²) in [6.07, 6.45) is 3.54. The van der Waals surface area contributed by atoms with Crippen LogP contribution in [0.2, 0.25) is 0 Å². The minimum absolute atomic E-state index is 0.251. The van der Waals surface area contributed by atoms with Crippen molar-refractivity contribution in [1.29, 1.82) is 0 Å². The van der Waals surface area contributed by atoms with Gasteiger partial charge in [0.05, 0.1) is 16.1 Å². The van der Waals surface area contributed by atoms with Gasteiger partial charge in [0.15, 0.2) is 0 Å². The van der Waals surface area contributed by atoms with Crippen LogP contribution in [0.1, 0.15) is 36.0 Å². The van der Waals surface area contributed by atoms with E-state index in [2.05, 4.69) is 5.32 Å². The molecule has 0 unspecified atom stereocenters. The van der Waals surface area contributed by atoms with Gasteiger partial charge < -0.3 is 11.1 Å². The molecule has 0 radical (unpaired) electrons. The van der Waals surface area contributed by atoms with Gasteiger partial charge >= 0.3 is 0 Å². The Bertz CT molecular complexity index is 529. The van der Waals surface area contributed by atoms with Crippen molar-refractivity contribution < 1.29 is 9.18 Å². The van der Waals surface area contributed by atoms with Crippen molar-refractivity contribution in [3.63, 3.8) is 0 Å². The van der Waals surface area contributed by atoms with E-state index in [4.69, 9.17) is 18.0 Å². The molecule has 3 nitrogen and oxygen atoms in total. The second-order valence-corrected chi connectivity index (χ2v) is 6.33. The van der Waals surface area contributed by atoms with Crippen LogP contribution in [0.3, 0.4) is 0 Å². The molecule has 6 heteroatoms. The molecule has 1 aromatic carbocycles. The van der Waals surface area contributed by atoms with E-state index in [1.54, 1.807) is 0 Å². The van der Waals surface area contributed by atoms with Crippen LogP contribution in [0.15, 0.2) is 18.2 Å². The summed E-state index contributed by atoms with van der Waals surface area (Å²) < 4.78 is 13.6. The average Bonchev–Trinajstić information content (AvgIpc) is 2.78. The van der Waals surface area contributed by atoms with Crippen molar-refractivity contribution in [2.45, 2.75) is 31.2 Å². The largest absolute Gasteiger partial charge is 0.391 e. The lowest BCUT2D eigenvalue weighted by molar-refractivity contribution is 0.0923. The predicted octanol–water partition coefficient (Wildman–Crippen LogP) is 2.76. The predicted molar refractivity (Wildman–Crippen MR) is 84.6 cm³/mol. The maximum absolute atomic E-state index is 13.0. The van der Waals surface area contributed by atoms with Gasteiger partial charge in [-0.1, -0.05) is 25.1 Å². The first kappa shape index (κ1) is 14.6. The molecule has 0 aromatic heterocycles. The molecule has 0 aliphatic heterocycles. The summed E-state index contributed by atoms with van der Waals surface area (Å²) in [4.78, 5) is 12.6.